The molecule has 3 aromatic rings. The molecule has 0 spiro atoms. The number of carbonyl (C=O) groups is 4. The van der Waals surface area contributed by atoms with Crippen molar-refractivity contribution in [1.29, 1.82) is 0 Å². The summed E-state index contributed by atoms with van der Waals surface area (Å²) < 4.78 is 0. The minimum Gasteiger partial charge on any atom is -0.481 e. The van der Waals surface area contributed by atoms with E-state index in [-0.39, 0.29) is 23.8 Å². The summed E-state index contributed by atoms with van der Waals surface area (Å²) in [4.78, 5) is 48.8. The highest BCUT2D eigenvalue weighted by Crippen LogP contribution is 2.28. The third-order valence-corrected chi connectivity index (χ3v) is 5.52. The van der Waals surface area contributed by atoms with Crippen molar-refractivity contribution in [2.45, 2.75) is 19.8 Å². The first kappa shape index (κ1) is 28.6. The molecule has 0 radical (unpaired) electrons. The number of carbonyl (C=O) groups excluding carboxylic acids is 3. The van der Waals surface area contributed by atoms with Crippen LogP contribution in [0.2, 0.25) is 10.0 Å². The van der Waals surface area contributed by atoms with Gasteiger partial charge in [-0.1, -0.05) is 60.5 Å². The van der Waals surface area contributed by atoms with E-state index in [0.717, 1.165) is 6.42 Å². The van der Waals surface area contributed by atoms with Gasteiger partial charge in [0.2, 0.25) is 5.91 Å². The lowest BCUT2D eigenvalue weighted by molar-refractivity contribution is -0.137. The van der Waals surface area contributed by atoms with Gasteiger partial charge < -0.3 is 15.3 Å². The summed E-state index contributed by atoms with van der Waals surface area (Å²) in [6.45, 7) is 1.61. The van der Waals surface area contributed by atoms with Crippen LogP contribution in [0.15, 0.2) is 72.8 Å². The number of hydrogen-bond acceptors (Lipinski definition) is 4. The van der Waals surface area contributed by atoms with E-state index in [2.05, 4.69) is 5.32 Å². The van der Waals surface area contributed by atoms with Crippen LogP contribution in [0.1, 0.15) is 46.0 Å². The minimum atomic E-state index is -0.711. The first-order valence-electron chi connectivity index (χ1n) is 11.1. The number of nitrogens with one attached hydrogen (secondary N) is 1. The second-order valence-electron chi connectivity index (χ2n) is 7.62. The number of benzene rings is 3. The van der Waals surface area contributed by atoms with Gasteiger partial charge in [-0.3, -0.25) is 19.2 Å². The molecule has 188 valence electrons. The number of amides is 2. The molecule has 0 aliphatic rings. The average molecular weight is 529 g/mol. The van der Waals surface area contributed by atoms with Crippen LogP contribution in [0.5, 0.6) is 0 Å². The third-order valence-electron chi connectivity index (χ3n) is 4.96. The number of aliphatic carboxylic acids is 1. The van der Waals surface area contributed by atoms with E-state index in [1.165, 1.54) is 18.0 Å². The third kappa shape index (κ3) is 8.22. The summed E-state index contributed by atoms with van der Waals surface area (Å²) in [7, 11) is 1.53. The Hall–Kier alpha value is -3.68. The minimum absolute atomic E-state index is 0.230. The van der Waals surface area contributed by atoms with Gasteiger partial charge in [0.1, 0.15) is 0 Å². The molecule has 0 aliphatic carbocycles. The molecule has 9 heteroatoms. The van der Waals surface area contributed by atoms with E-state index in [0.29, 0.717) is 33.3 Å². The van der Waals surface area contributed by atoms with Crippen LogP contribution in [0, 0.1) is 0 Å². The zero-order valence-corrected chi connectivity index (χ0v) is 21.3. The first-order valence-corrected chi connectivity index (χ1v) is 11.8. The number of nitrogens with zero attached hydrogens (tertiary/aromatic N) is 1. The second-order valence-corrected chi connectivity index (χ2v) is 8.46. The van der Waals surface area contributed by atoms with Gasteiger partial charge in [-0.05, 0) is 48.9 Å². The van der Waals surface area contributed by atoms with Crippen molar-refractivity contribution in [3.05, 3.63) is 99.5 Å². The molecule has 0 saturated heterocycles. The summed E-state index contributed by atoms with van der Waals surface area (Å²) in [5.41, 5.74) is 1.36. The highest BCUT2D eigenvalue weighted by atomic mass is 35.5. The van der Waals surface area contributed by atoms with E-state index in [9.17, 15) is 19.2 Å². The Morgan fingerprint density at radius 1 is 0.889 bits per heavy atom. The van der Waals surface area contributed by atoms with Crippen molar-refractivity contribution < 1.29 is 24.3 Å². The molecule has 0 bridgehead atoms. The van der Waals surface area contributed by atoms with Gasteiger partial charge in [0.15, 0.2) is 5.78 Å². The molecular formula is C27H26Cl2N2O5. The fraction of sp³-hybridized carbons (Fsp3) is 0.185. The quantitative estimate of drug-likeness (QED) is 0.376. The normalized spacial score (nSPS) is 10.0. The van der Waals surface area contributed by atoms with E-state index in [4.69, 9.17) is 28.3 Å². The van der Waals surface area contributed by atoms with Gasteiger partial charge in [-0.15, -0.1) is 0 Å². The zero-order valence-electron chi connectivity index (χ0n) is 19.8. The summed E-state index contributed by atoms with van der Waals surface area (Å²) >= 11 is 12.3. The van der Waals surface area contributed by atoms with Crippen LogP contribution in [-0.4, -0.2) is 42.3 Å². The highest BCUT2D eigenvalue weighted by Gasteiger charge is 2.22. The highest BCUT2D eigenvalue weighted by molar-refractivity contribution is 6.36. The summed E-state index contributed by atoms with van der Waals surface area (Å²) in [6, 6.07) is 19.9. The molecule has 0 atom stereocenters. The largest absolute Gasteiger partial charge is 0.481 e. The van der Waals surface area contributed by atoms with Crippen molar-refractivity contribution in [3.8, 4) is 0 Å². The summed E-state index contributed by atoms with van der Waals surface area (Å²) in [5.74, 6) is -1.82. The van der Waals surface area contributed by atoms with Gasteiger partial charge in [0.05, 0.1) is 17.3 Å². The zero-order chi connectivity index (χ0) is 26.7. The summed E-state index contributed by atoms with van der Waals surface area (Å²) in [6.07, 6.45) is 1.02. The van der Waals surface area contributed by atoms with Crippen molar-refractivity contribution in [3.63, 3.8) is 0 Å². The number of carboxylic acid groups (broad SMARTS) is 1. The Bertz CT molecular complexity index is 1230. The monoisotopic (exact) mass is 528 g/mol. The number of anilines is 1. The van der Waals surface area contributed by atoms with E-state index in [1.54, 1.807) is 66.7 Å². The number of ketones is 1. The SMILES string of the molecule is CCCC(=O)O.CN(C(=O)CNC(=O)c1ccccc1)c1ccc(Cl)cc1C(=O)c1ccccc1Cl. The Kier molecular flexibility index (Phi) is 11.1. The number of halogens is 2. The van der Waals surface area contributed by atoms with Crippen LogP contribution < -0.4 is 10.2 Å². The summed E-state index contributed by atoms with van der Waals surface area (Å²) in [5, 5.41) is 11.2. The molecule has 0 aromatic heterocycles. The van der Waals surface area contributed by atoms with Crippen LogP contribution in [0.25, 0.3) is 0 Å². The standard InChI is InChI=1S/C23H18Cl2N2O3.C4H8O2/c1-27(21(28)14-26-23(30)15-7-3-2-4-8-15)20-12-11-16(24)13-18(20)22(29)17-9-5-6-10-19(17)25;1-2-3-4(5)6/h2-13H,14H2,1H3,(H,26,30);2-3H2,1H3,(H,5,6). The fourth-order valence-corrected chi connectivity index (χ4v) is 3.48. The maximum Gasteiger partial charge on any atom is 0.303 e. The molecule has 2 amide bonds. The van der Waals surface area contributed by atoms with Crippen molar-refractivity contribution >= 4 is 52.5 Å². The van der Waals surface area contributed by atoms with Crippen LogP contribution in [0.3, 0.4) is 0 Å². The average Bonchev–Trinajstić information content (AvgIpc) is 2.87. The molecule has 0 unspecified atom stereocenters. The molecule has 7 nitrogen and oxygen atoms in total. The molecule has 3 aromatic carbocycles. The van der Waals surface area contributed by atoms with Gasteiger partial charge >= 0.3 is 5.97 Å². The van der Waals surface area contributed by atoms with Crippen LogP contribution in [-0.2, 0) is 9.59 Å². The van der Waals surface area contributed by atoms with E-state index >= 15 is 0 Å². The first-order chi connectivity index (χ1) is 17.1. The Morgan fingerprint density at radius 2 is 1.53 bits per heavy atom. The van der Waals surface area contributed by atoms with Gasteiger partial charge in [-0.2, -0.15) is 0 Å². The smallest absolute Gasteiger partial charge is 0.303 e. The van der Waals surface area contributed by atoms with Gasteiger partial charge in [0.25, 0.3) is 5.91 Å². The molecule has 2 N–H and O–H groups in total. The van der Waals surface area contributed by atoms with Crippen molar-refractivity contribution in [2.24, 2.45) is 0 Å². The Labute approximate surface area is 219 Å². The topological polar surface area (TPSA) is 104 Å². The molecule has 0 aliphatic heterocycles. The predicted molar refractivity (Wildman–Crippen MR) is 141 cm³/mol. The van der Waals surface area contributed by atoms with Crippen molar-refractivity contribution in [2.75, 3.05) is 18.5 Å². The fourth-order valence-electron chi connectivity index (χ4n) is 3.09. The van der Waals surface area contributed by atoms with Gasteiger partial charge in [0, 0.05) is 35.2 Å². The molecule has 0 saturated carbocycles. The molecule has 0 fully saturated rings. The molecule has 36 heavy (non-hydrogen) atoms. The molecule has 0 heterocycles. The van der Waals surface area contributed by atoms with E-state index in [1.807, 2.05) is 6.92 Å². The molecule has 3 rings (SSSR count). The lowest BCUT2D eigenvalue weighted by Gasteiger charge is -2.21. The number of rotatable bonds is 8. The maximum atomic E-state index is 13.1. The lowest BCUT2D eigenvalue weighted by Crippen LogP contribution is -2.38. The predicted octanol–water partition coefficient (Wildman–Crippen LogP) is 5.49. The van der Waals surface area contributed by atoms with E-state index < -0.39 is 11.9 Å². The number of hydrogen-bond donors (Lipinski definition) is 2. The van der Waals surface area contributed by atoms with Crippen LogP contribution >= 0.6 is 23.2 Å². The Morgan fingerprint density at radius 3 is 2.11 bits per heavy atom. The lowest BCUT2D eigenvalue weighted by atomic mass is 10.0. The van der Waals surface area contributed by atoms with Gasteiger partial charge in [-0.25, -0.2) is 0 Å². The molecular weight excluding hydrogens is 503 g/mol. The Balaban J connectivity index is 0.000000678. The number of carboxylic acids is 1. The second kappa shape index (κ2) is 14.0. The van der Waals surface area contributed by atoms with Crippen LogP contribution in [0.4, 0.5) is 5.69 Å². The van der Waals surface area contributed by atoms with Crippen molar-refractivity contribution in [1.82, 2.24) is 5.32 Å². The number of likely N-dealkylation sites (N-methyl/N-ethyl adjacent to an activating group) is 1. The maximum absolute atomic E-state index is 13.1.